The molecule has 45 heavy (non-hydrogen) atoms. The second-order valence-electron chi connectivity index (χ2n) is 12.5. The van der Waals surface area contributed by atoms with E-state index < -0.39 is 0 Å². The normalized spacial score (nSPS) is 11.4. The SMILES string of the molecule is CCCCCCCCC(CCCCCCCC)(c1ccc(Oc2ccc(N)cc2)cc1)c1ccc(Oc2ccc(N)cc2)cc1. The largest absolute Gasteiger partial charge is 0.457 e. The van der Waals surface area contributed by atoms with Gasteiger partial charge in [0.25, 0.3) is 0 Å². The van der Waals surface area contributed by atoms with E-state index in [9.17, 15) is 0 Å². The van der Waals surface area contributed by atoms with Crippen LogP contribution in [-0.2, 0) is 5.41 Å². The minimum absolute atomic E-state index is 0.0744. The third-order valence-corrected chi connectivity index (χ3v) is 8.96. The van der Waals surface area contributed by atoms with Crippen molar-refractivity contribution in [2.24, 2.45) is 0 Å². The zero-order valence-electron chi connectivity index (χ0n) is 27.6. The summed E-state index contributed by atoms with van der Waals surface area (Å²) in [5.74, 6) is 3.26. The van der Waals surface area contributed by atoms with Gasteiger partial charge in [-0.15, -0.1) is 0 Å². The van der Waals surface area contributed by atoms with Gasteiger partial charge < -0.3 is 20.9 Å². The average molecular weight is 607 g/mol. The van der Waals surface area contributed by atoms with Crippen LogP contribution in [-0.4, -0.2) is 0 Å². The summed E-state index contributed by atoms with van der Waals surface area (Å²) in [7, 11) is 0. The fourth-order valence-electron chi connectivity index (χ4n) is 6.31. The minimum atomic E-state index is -0.0744. The zero-order chi connectivity index (χ0) is 31.7. The summed E-state index contributed by atoms with van der Waals surface area (Å²) in [6.07, 6.45) is 17.7. The first-order valence-electron chi connectivity index (χ1n) is 17.3. The fourth-order valence-corrected chi connectivity index (χ4v) is 6.31. The molecule has 0 saturated carbocycles. The Kier molecular flexibility index (Phi) is 13.7. The van der Waals surface area contributed by atoms with Crippen LogP contribution >= 0.6 is 0 Å². The molecule has 0 heterocycles. The molecular weight excluding hydrogens is 552 g/mol. The van der Waals surface area contributed by atoms with Crippen molar-refractivity contribution in [3.63, 3.8) is 0 Å². The average Bonchev–Trinajstić information content (AvgIpc) is 3.06. The van der Waals surface area contributed by atoms with Crippen LogP contribution in [0.5, 0.6) is 23.0 Å². The molecular formula is C41H54N2O2. The monoisotopic (exact) mass is 606 g/mol. The Morgan fingerprint density at radius 2 is 0.689 bits per heavy atom. The number of hydrogen-bond donors (Lipinski definition) is 2. The van der Waals surface area contributed by atoms with Crippen molar-refractivity contribution in [3.8, 4) is 23.0 Å². The Bertz CT molecular complexity index is 1250. The summed E-state index contributed by atoms with van der Waals surface area (Å²) < 4.78 is 12.4. The molecule has 4 aromatic carbocycles. The van der Waals surface area contributed by atoms with E-state index in [-0.39, 0.29) is 5.41 Å². The Balaban J connectivity index is 1.61. The smallest absolute Gasteiger partial charge is 0.127 e. The van der Waals surface area contributed by atoms with Crippen LogP contribution in [0, 0.1) is 0 Å². The minimum Gasteiger partial charge on any atom is -0.457 e. The van der Waals surface area contributed by atoms with Gasteiger partial charge in [0, 0.05) is 16.8 Å². The van der Waals surface area contributed by atoms with Crippen LogP contribution in [0.15, 0.2) is 97.1 Å². The molecule has 0 fully saturated rings. The molecule has 0 aliphatic carbocycles. The highest BCUT2D eigenvalue weighted by Gasteiger charge is 2.33. The lowest BCUT2D eigenvalue weighted by Gasteiger charge is -2.36. The van der Waals surface area contributed by atoms with Gasteiger partial charge in [0.15, 0.2) is 0 Å². The van der Waals surface area contributed by atoms with E-state index >= 15 is 0 Å². The van der Waals surface area contributed by atoms with E-state index in [0.717, 1.165) is 47.2 Å². The van der Waals surface area contributed by atoms with Crippen LogP contribution < -0.4 is 20.9 Å². The van der Waals surface area contributed by atoms with Crippen LogP contribution in [0.4, 0.5) is 11.4 Å². The van der Waals surface area contributed by atoms with Crippen molar-refractivity contribution in [2.75, 3.05) is 11.5 Å². The molecule has 4 aromatic rings. The molecule has 0 aromatic heterocycles. The molecule has 0 amide bonds. The number of anilines is 2. The molecule has 4 rings (SSSR count). The van der Waals surface area contributed by atoms with Gasteiger partial charge in [-0.05, 0) is 96.8 Å². The number of ether oxygens (including phenoxy) is 2. The molecule has 0 bridgehead atoms. The Labute approximate surface area is 272 Å². The van der Waals surface area contributed by atoms with Gasteiger partial charge in [0.1, 0.15) is 23.0 Å². The summed E-state index contributed by atoms with van der Waals surface area (Å²) >= 11 is 0. The standard InChI is InChI=1S/C41H54N2O2/c1-3-5-7-9-11-13-31-41(32-14-12-10-8-6-4-2,33-15-23-37(24-16-33)44-39-27-19-35(42)20-28-39)34-17-25-38(26-18-34)45-40-29-21-36(43)22-30-40/h15-30H,3-14,31-32,42-43H2,1-2H3. The van der Waals surface area contributed by atoms with Gasteiger partial charge in [-0.3, -0.25) is 0 Å². The molecule has 4 heteroatoms. The maximum absolute atomic E-state index is 6.18. The summed E-state index contributed by atoms with van der Waals surface area (Å²) in [4.78, 5) is 0. The van der Waals surface area contributed by atoms with Crippen LogP contribution in [0.2, 0.25) is 0 Å². The van der Waals surface area contributed by atoms with Gasteiger partial charge in [-0.1, -0.05) is 115 Å². The maximum atomic E-state index is 6.18. The molecule has 0 saturated heterocycles. The second kappa shape index (κ2) is 18.1. The number of rotatable bonds is 20. The molecule has 0 aliphatic heterocycles. The Morgan fingerprint density at radius 1 is 0.400 bits per heavy atom. The molecule has 0 atom stereocenters. The molecule has 4 N–H and O–H groups in total. The zero-order valence-corrected chi connectivity index (χ0v) is 27.6. The van der Waals surface area contributed by atoms with Gasteiger partial charge >= 0.3 is 0 Å². The van der Waals surface area contributed by atoms with E-state index in [1.165, 1.54) is 88.2 Å². The third kappa shape index (κ3) is 10.6. The highest BCUT2D eigenvalue weighted by atomic mass is 16.5. The van der Waals surface area contributed by atoms with Gasteiger partial charge in [0.05, 0.1) is 0 Å². The van der Waals surface area contributed by atoms with Crippen molar-refractivity contribution in [2.45, 2.75) is 109 Å². The highest BCUT2D eigenvalue weighted by Crippen LogP contribution is 2.43. The number of unbranched alkanes of at least 4 members (excludes halogenated alkanes) is 10. The Morgan fingerprint density at radius 3 is 1.02 bits per heavy atom. The van der Waals surface area contributed by atoms with E-state index in [1.807, 2.05) is 48.5 Å². The quantitative estimate of drug-likeness (QED) is 0.0775. The van der Waals surface area contributed by atoms with E-state index in [4.69, 9.17) is 20.9 Å². The molecule has 240 valence electrons. The van der Waals surface area contributed by atoms with Crippen molar-refractivity contribution in [1.29, 1.82) is 0 Å². The van der Waals surface area contributed by atoms with Crippen molar-refractivity contribution < 1.29 is 9.47 Å². The number of benzene rings is 4. The molecule has 0 aliphatic rings. The lowest BCUT2D eigenvalue weighted by atomic mass is 9.68. The fraction of sp³-hybridized carbons (Fsp3) is 0.415. The van der Waals surface area contributed by atoms with Crippen LogP contribution in [0.3, 0.4) is 0 Å². The number of nitrogens with two attached hydrogens (primary N) is 2. The summed E-state index contributed by atoms with van der Waals surface area (Å²) in [6, 6.07) is 32.8. The molecule has 4 nitrogen and oxygen atoms in total. The lowest BCUT2D eigenvalue weighted by Crippen LogP contribution is -2.28. The highest BCUT2D eigenvalue weighted by molar-refractivity contribution is 5.47. The van der Waals surface area contributed by atoms with Crippen LogP contribution in [0.1, 0.15) is 115 Å². The van der Waals surface area contributed by atoms with E-state index in [1.54, 1.807) is 0 Å². The lowest BCUT2D eigenvalue weighted by molar-refractivity contribution is 0.389. The molecule has 0 unspecified atom stereocenters. The van der Waals surface area contributed by atoms with Crippen molar-refractivity contribution in [1.82, 2.24) is 0 Å². The van der Waals surface area contributed by atoms with Crippen molar-refractivity contribution >= 4 is 11.4 Å². The molecule has 0 radical (unpaired) electrons. The molecule has 0 spiro atoms. The maximum Gasteiger partial charge on any atom is 0.127 e. The van der Waals surface area contributed by atoms with Gasteiger partial charge in [-0.25, -0.2) is 0 Å². The first-order valence-corrected chi connectivity index (χ1v) is 17.3. The summed E-state index contributed by atoms with van der Waals surface area (Å²) in [5, 5.41) is 0. The second-order valence-corrected chi connectivity index (χ2v) is 12.5. The van der Waals surface area contributed by atoms with E-state index in [2.05, 4.69) is 62.4 Å². The Hall–Kier alpha value is -3.92. The first-order chi connectivity index (χ1) is 22.0. The summed E-state index contributed by atoms with van der Waals surface area (Å²) in [6.45, 7) is 4.57. The predicted octanol–water partition coefficient (Wildman–Crippen LogP) is 12.2. The third-order valence-electron chi connectivity index (χ3n) is 8.96. The van der Waals surface area contributed by atoms with Gasteiger partial charge in [0.2, 0.25) is 0 Å². The first kappa shape index (κ1) is 34.0. The topological polar surface area (TPSA) is 70.5 Å². The van der Waals surface area contributed by atoms with Gasteiger partial charge in [-0.2, -0.15) is 0 Å². The summed E-state index contributed by atoms with van der Waals surface area (Å²) in [5.41, 5.74) is 15.9. The van der Waals surface area contributed by atoms with Crippen LogP contribution in [0.25, 0.3) is 0 Å². The number of hydrogen-bond acceptors (Lipinski definition) is 4. The predicted molar refractivity (Wildman–Crippen MR) is 192 cm³/mol. The van der Waals surface area contributed by atoms with E-state index in [0.29, 0.717) is 0 Å². The number of nitrogen functional groups attached to an aromatic ring is 2. The van der Waals surface area contributed by atoms with Crippen molar-refractivity contribution in [3.05, 3.63) is 108 Å².